The van der Waals surface area contributed by atoms with Gasteiger partial charge in [-0.15, -0.1) is 23.2 Å². The Morgan fingerprint density at radius 1 is 0.525 bits per heavy atom. The molecule has 2 N–H and O–H groups in total. The number of aromatic hydroxyl groups is 2. The summed E-state index contributed by atoms with van der Waals surface area (Å²) in [6, 6.07) is 22.0. The highest BCUT2D eigenvalue weighted by Gasteiger charge is 2.21. The van der Waals surface area contributed by atoms with Crippen molar-refractivity contribution < 1.29 is 29.3 Å². The highest BCUT2D eigenvalue weighted by molar-refractivity contribution is 6.26. The number of para-hydroxylation sites is 4. The van der Waals surface area contributed by atoms with Crippen molar-refractivity contribution in [2.45, 2.75) is 25.7 Å². The third-order valence-electron chi connectivity index (χ3n) is 6.94. The van der Waals surface area contributed by atoms with Gasteiger partial charge < -0.3 is 19.7 Å². The maximum Gasteiger partial charge on any atom is 0.326 e. The molecule has 0 fully saturated rings. The van der Waals surface area contributed by atoms with E-state index in [1.54, 1.807) is 0 Å². The minimum absolute atomic E-state index is 0.0949. The van der Waals surface area contributed by atoms with E-state index >= 15 is 0 Å². The minimum atomic E-state index is -0.599. The second-order valence-electron chi connectivity index (χ2n) is 9.58. The van der Waals surface area contributed by atoms with Gasteiger partial charge in [0.1, 0.15) is 34.8 Å². The molecule has 40 heavy (non-hydrogen) atoms. The second-order valence-corrected chi connectivity index (χ2v) is 10.1. The number of carbonyl (C=O) groups is 2. The molecule has 4 aromatic carbocycles. The molecule has 1 aliphatic rings. The predicted octanol–water partition coefficient (Wildman–Crippen LogP) is 6.06. The minimum Gasteiger partial charge on any atom is -0.507 e. The van der Waals surface area contributed by atoms with Crippen LogP contribution in [0.2, 0.25) is 0 Å². The lowest BCUT2D eigenvalue weighted by molar-refractivity contribution is -0.132. The van der Waals surface area contributed by atoms with Gasteiger partial charge in [0.25, 0.3) is 0 Å². The molecule has 8 bridgehead atoms. The van der Waals surface area contributed by atoms with Crippen LogP contribution in [0, 0.1) is 0 Å². The number of benzene rings is 4. The summed E-state index contributed by atoms with van der Waals surface area (Å²) in [6.07, 6.45) is 1.11. The van der Waals surface area contributed by atoms with Crippen molar-refractivity contribution in [3.8, 4) is 23.0 Å². The van der Waals surface area contributed by atoms with Gasteiger partial charge in [-0.1, -0.05) is 72.8 Å². The van der Waals surface area contributed by atoms with Gasteiger partial charge in [-0.05, 0) is 44.5 Å². The molecule has 0 radical (unpaired) electrons. The molecule has 6 nitrogen and oxygen atoms in total. The van der Waals surface area contributed by atoms with Gasteiger partial charge in [0.2, 0.25) is 0 Å². The third-order valence-corrected chi connectivity index (χ3v) is 7.37. The standard InChI is InChI=1S/C32H26Cl2O6/c33-17-27(35)39-31-23-9-3-11-25(31)15-21-7-2-8-22(30(21)38)16-26-12-4-10-24(32(26)40-28(36)18-34)14-20-6-1-5-19(13-23)29(20)37/h1-12,37-38H,13-18H2. The summed E-state index contributed by atoms with van der Waals surface area (Å²) >= 11 is 11.5. The van der Waals surface area contributed by atoms with Crippen molar-refractivity contribution in [2.75, 3.05) is 11.8 Å². The number of rotatable bonds is 4. The van der Waals surface area contributed by atoms with E-state index in [0.29, 0.717) is 56.0 Å². The van der Waals surface area contributed by atoms with Crippen LogP contribution in [0.3, 0.4) is 0 Å². The quantitative estimate of drug-likeness (QED) is 0.153. The van der Waals surface area contributed by atoms with E-state index in [9.17, 15) is 19.8 Å². The lowest BCUT2D eigenvalue weighted by Crippen LogP contribution is -2.13. The first-order valence-corrected chi connectivity index (χ1v) is 13.8. The van der Waals surface area contributed by atoms with Crippen LogP contribution in [0.25, 0.3) is 0 Å². The first-order valence-electron chi connectivity index (χ1n) is 12.7. The molecule has 0 atom stereocenters. The highest BCUT2D eigenvalue weighted by atomic mass is 35.5. The van der Waals surface area contributed by atoms with Crippen LogP contribution in [0.4, 0.5) is 0 Å². The van der Waals surface area contributed by atoms with Crippen LogP contribution in [0.1, 0.15) is 44.5 Å². The van der Waals surface area contributed by atoms with E-state index in [2.05, 4.69) is 0 Å². The normalized spacial score (nSPS) is 12.4. The Kier molecular flexibility index (Phi) is 8.29. The Labute approximate surface area is 241 Å². The van der Waals surface area contributed by atoms with Crippen molar-refractivity contribution in [3.05, 3.63) is 117 Å². The summed E-state index contributed by atoms with van der Waals surface area (Å²) in [5.41, 5.74) is 5.26. The monoisotopic (exact) mass is 576 g/mol. The van der Waals surface area contributed by atoms with E-state index in [-0.39, 0.29) is 48.9 Å². The molecule has 0 saturated carbocycles. The Morgan fingerprint density at radius 3 is 1.02 bits per heavy atom. The van der Waals surface area contributed by atoms with Crippen molar-refractivity contribution >= 4 is 35.1 Å². The second kappa shape index (κ2) is 12.0. The summed E-state index contributed by atoms with van der Waals surface area (Å²) in [6.45, 7) is 0. The van der Waals surface area contributed by atoms with Gasteiger partial charge >= 0.3 is 11.9 Å². The molecule has 8 heteroatoms. The zero-order valence-corrected chi connectivity index (χ0v) is 23.0. The van der Waals surface area contributed by atoms with Gasteiger partial charge in [0.05, 0.1) is 0 Å². The molecule has 4 aromatic rings. The van der Waals surface area contributed by atoms with Crippen LogP contribution < -0.4 is 9.47 Å². The van der Waals surface area contributed by atoms with Crippen LogP contribution in [-0.4, -0.2) is 33.9 Å². The topological polar surface area (TPSA) is 93.1 Å². The Morgan fingerprint density at radius 2 is 0.775 bits per heavy atom. The van der Waals surface area contributed by atoms with Gasteiger partial charge in [-0.25, -0.2) is 0 Å². The summed E-state index contributed by atoms with van der Waals surface area (Å²) in [5, 5.41) is 22.6. The van der Waals surface area contributed by atoms with E-state index in [1.165, 1.54) is 0 Å². The summed E-state index contributed by atoms with van der Waals surface area (Å²) in [5.74, 6) is -0.926. The van der Waals surface area contributed by atoms with Crippen LogP contribution in [-0.2, 0) is 35.3 Å². The number of phenolic OH excluding ortho intramolecular Hbond substituents is 2. The Bertz CT molecular complexity index is 1390. The number of fused-ring (bicyclic) bond motifs is 8. The fourth-order valence-corrected chi connectivity index (χ4v) is 5.17. The molecule has 0 aliphatic heterocycles. The van der Waals surface area contributed by atoms with E-state index in [0.717, 1.165) is 0 Å². The largest absolute Gasteiger partial charge is 0.507 e. The lowest BCUT2D eigenvalue weighted by atomic mass is 9.91. The maximum atomic E-state index is 12.3. The molecule has 204 valence electrons. The smallest absolute Gasteiger partial charge is 0.326 e. The molecule has 0 aromatic heterocycles. The number of hydrogen-bond donors (Lipinski definition) is 2. The molecule has 0 amide bonds. The molecular formula is C32H26Cl2O6. The Balaban J connectivity index is 1.72. The fraction of sp³-hybridized carbons (Fsp3) is 0.188. The number of esters is 2. The highest BCUT2D eigenvalue weighted by Crippen LogP contribution is 2.38. The van der Waals surface area contributed by atoms with Gasteiger partial charge in [0.15, 0.2) is 0 Å². The third kappa shape index (κ3) is 5.79. The summed E-state index contributed by atoms with van der Waals surface area (Å²) in [4.78, 5) is 24.6. The molecule has 5 rings (SSSR count). The molecule has 0 heterocycles. The van der Waals surface area contributed by atoms with Crippen molar-refractivity contribution in [1.29, 1.82) is 0 Å². The maximum absolute atomic E-state index is 12.3. The number of hydrogen-bond acceptors (Lipinski definition) is 6. The lowest BCUT2D eigenvalue weighted by Gasteiger charge is -2.19. The fourth-order valence-electron chi connectivity index (χ4n) is 5.06. The first-order chi connectivity index (χ1) is 19.4. The van der Waals surface area contributed by atoms with E-state index < -0.39 is 11.9 Å². The number of alkyl halides is 2. The van der Waals surface area contributed by atoms with Crippen LogP contribution >= 0.6 is 23.2 Å². The average Bonchev–Trinajstić information content (AvgIpc) is 2.95. The van der Waals surface area contributed by atoms with E-state index in [4.69, 9.17) is 32.7 Å². The molecule has 0 unspecified atom stereocenters. The van der Waals surface area contributed by atoms with Gasteiger partial charge in [-0.3, -0.25) is 9.59 Å². The van der Waals surface area contributed by atoms with E-state index in [1.807, 2.05) is 72.8 Å². The predicted molar refractivity (Wildman–Crippen MR) is 153 cm³/mol. The number of halogens is 2. The van der Waals surface area contributed by atoms with Gasteiger partial charge in [-0.2, -0.15) is 0 Å². The number of carbonyl (C=O) groups excluding carboxylic acids is 2. The van der Waals surface area contributed by atoms with Crippen molar-refractivity contribution in [3.63, 3.8) is 0 Å². The van der Waals surface area contributed by atoms with Crippen molar-refractivity contribution in [2.24, 2.45) is 0 Å². The molecule has 0 saturated heterocycles. The Hall–Kier alpha value is -4.00. The van der Waals surface area contributed by atoms with Crippen molar-refractivity contribution in [1.82, 2.24) is 0 Å². The van der Waals surface area contributed by atoms with Gasteiger partial charge in [0, 0.05) is 25.7 Å². The molecule has 1 aliphatic carbocycles. The van der Waals surface area contributed by atoms with Crippen LogP contribution in [0.5, 0.6) is 23.0 Å². The average molecular weight is 577 g/mol. The number of ether oxygens (including phenoxy) is 2. The first kappa shape index (κ1) is 27.6. The summed E-state index contributed by atoms with van der Waals surface area (Å²) in [7, 11) is 0. The number of phenols is 2. The van der Waals surface area contributed by atoms with Crippen LogP contribution in [0.15, 0.2) is 72.8 Å². The zero-order valence-electron chi connectivity index (χ0n) is 21.5. The molecular weight excluding hydrogens is 551 g/mol. The molecule has 0 spiro atoms. The SMILES string of the molecule is O=C(CCl)Oc1c2cccc1Cc1cccc(c1O)Cc1cccc(c1OC(=O)CCl)Cc1cccc(c1O)C2. The summed E-state index contributed by atoms with van der Waals surface area (Å²) < 4.78 is 11.4. The zero-order chi connectivity index (χ0) is 28.2.